The molecule has 0 rings (SSSR count). The van der Waals surface area contributed by atoms with Crippen molar-refractivity contribution in [3.8, 4) is 0 Å². The van der Waals surface area contributed by atoms with E-state index in [0.29, 0.717) is 0 Å². The predicted molar refractivity (Wildman–Crippen MR) is 98.0 cm³/mol. The maximum atomic E-state index is 3.39. The van der Waals surface area contributed by atoms with Gasteiger partial charge in [-0.1, -0.05) is 83.8 Å². The molecule has 0 aliphatic heterocycles. The summed E-state index contributed by atoms with van der Waals surface area (Å²) in [4.78, 5) is 0. The van der Waals surface area contributed by atoms with E-state index in [2.05, 4.69) is 31.3 Å². The standard InChI is InChI=1S/C20H41N/c1-3-5-6-7-8-9-10-11-12-13-14-15-16-17-18-19-20-21-4-2/h11-12,21H,3-10,13-20H2,1-2H3. The van der Waals surface area contributed by atoms with Crippen LogP contribution in [0.3, 0.4) is 0 Å². The Hall–Kier alpha value is -0.300. The van der Waals surface area contributed by atoms with Gasteiger partial charge in [0, 0.05) is 0 Å². The number of hydrogen-bond acceptors (Lipinski definition) is 1. The summed E-state index contributed by atoms with van der Waals surface area (Å²) in [7, 11) is 0. The van der Waals surface area contributed by atoms with Crippen molar-refractivity contribution in [1.82, 2.24) is 5.32 Å². The van der Waals surface area contributed by atoms with E-state index in [-0.39, 0.29) is 0 Å². The van der Waals surface area contributed by atoms with Crippen LogP contribution in [0, 0.1) is 0 Å². The lowest BCUT2D eigenvalue weighted by atomic mass is 10.1. The number of unbranched alkanes of at least 4 members (excludes halogenated alkanes) is 12. The van der Waals surface area contributed by atoms with Crippen LogP contribution in [-0.2, 0) is 0 Å². The summed E-state index contributed by atoms with van der Waals surface area (Å²) in [5.74, 6) is 0. The molecule has 0 radical (unpaired) electrons. The molecule has 0 saturated carbocycles. The highest BCUT2D eigenvalue weighted by molar-refractivity contribution is 4.81. The van der Waals surface area contributed by atoms with E-state index in [1.165, 1.54) is 96.4 Å². The highest BCUT2D eigenvalue weighted by Crippen LogP contribution is 2.09. The molecule has 0 aromatic rings. The molecule has 0 aliphatic carbocycles. The van der Waals surface area contributed by atoms with Gasteiger partial charge in [-0.3, -0.25) is 0 Å². The van der Waals surface area contributed by atoms with Gasteiger partial charge in [0.05, 0.1) is 0 Å². The molecular weight excluding hydrogens is 254 g/mol. The summed E-state index contributed by atoms with van der Waals surface area (Å²) in [6.45, 7) is 6.79. The summed E-state index contributed by atoms with van der Waals surface area (Å²) < 4.78 is 0. The van der Waals surface area contributed by atoms with Crippen LogP contribution in [-0.4, -0.2) is 13.1 Å². The van der Waals surface area contributed by atoms with Crippen molar-refractivity contribution >= 4 is 0 Å². The first-order valence-corrected chi connectivity index (χ1v) is 9.77. The molecule has 0 unspecified atom stereocenters. The Balaban J connectivity index is 3.02. The second kappa shape index (κ2) is 19.7. The van der Waals surface area contributed by atoms with Crippen molar-refractivity contribution in [2.45, 2.75) is 104 Å². The summed E-state index contributed by atoms with van der Waals surface area (Å²) >= 11 is 0. The highest BCUT2D eigenvalue weighted by atomic mass is 14.8. The van der Waals surface area contributed by atoms with Crippen LogP contribution in [0.5, 0.6) is 0 Å². The summed E-state index contributed by atoms with van der Waals surface area (Å²) in [5, 5.41) is 3.39. The van der Waals surface area contributed by atoms with Crippen molar-refractivity contribution in [2.75, 3.05) is 13.1 Å². The van der Waals surface area contributed by atoms with Crippen LogP contribution in [0.1, 0.15) is 104 Å². The zero-order valence-corrected chi connectivity index (χ0v) is 15.0. The SMILES string of the molecule is CCCCCCCCC=CCCCCCCCCNCC. The summed E-state index contributed by atoms with van der Waals surface area (Å²) in [6.07, 6.45) is 24.3. The van der Waals surface area contributed by atoms with Gasteiger partial charge < -0.3 is 5.32 Å². The molecule has 0 saturated heterocycles. The molecule has 21 heavy (non-hydrogen) atoms. The lowest BCUT2D eigenvalue weighted by Crippen LogP contribution is -2.13. The minimum atomic E-state index is 1.12. The number of hydrogen-bond donors (Lipinski definition) is 1. The second-order valence-corrected chi connectivity index (χ2v) is 6.29. The van der Waals surface area contributed by atoms with Crippen molar-refractivity contribution < 1.29 is 0 Å². The second-order valence-electron chi connectivity index (χ2n) is 6.29. The molecule has 0 aromatic carbocycles. The van der Waals surface area contributed by atoms with Gasteiger partial charge in [0.1, 0.15) is 0 Å². The Labute approximate surface area is 135 Å². The number of nitrogens with one attached hydrogen (secondary N) is 1. The Kier molecular flexibility index (Phi) is 19.4. The molecule has 0 bridgehead atoms. The Morgan fingerprint density at radius 3 is 1.57 bits per heavy atom. The lowest BCUT2D eigenvalue weighted by Gasteiger charge is -2.01. The quantitative estimate of drug-likeness (QED) is 0.234. The molecule has 1 nitrogen and oxygen atoms in total. The first-order chi connectivity index (χ1) is 10.4. The maximum absolute atomic E-state index is 3.39. The first-order valence-electron chi connectivity index (χ1n) is 9.77. The molecule has 1 heteroatoms. The van der Waals surface area contributed by atoms with Gasteiger partial charge in [0.2, 0.25) is 0 Å². The molecule has 0 aliphatic rings. The van der Waals surface area contributed by atoms with E-state index in [9.17, 15) is 0 Å². The maximum Gasteiger partial charge on any atom is -0.00490 e. The van der Waals surface area contributed by atoms with E-state index >= 15 is 0 Å². The average Bonchev–Trinajstić information content (AvgIpc) is 2.50. The van der Waals surface area contributed by atoms with E-state index < -0.39 is 0 Å². The van der Waals surface area contributed by atoms with Gasteiger partial charge in [-0.15, -0.1) is 0 Å². The van der Waals surface area contributed by atoms with E-state index in [4.69, 9.17) is 0 Å². The number of allylic oxidation sites excluding steroid dienone is 2. The van der Waals surface area contributed by atoms with Crippen molar-refractivity contribution in [3.05, 3.63) is 12.2 Å². The first kappa shape index (κ1) is 20.7. The molecule has 0 fully saturated rings. The van der Waals surface area contributed by atoms with Crippen LogP contribution in [0.4, 0.5) is 0 Å². The zero-order chi connectivity index (χ0) is 15.4. The lowest BCUT2D eigenvalue weighted by molar-refractivity contribution is 0.573. The molecule has 0 aromatic heterocycles. The Bertz CT molecular complexity index is 198. The fourth-order valence-corrected chi connectivity index (χ4v) is 2.67. The third-order valence-corrected chi connectivity index (χ3v) is 4.12. The van der Waals surface area contributed by atoms with Crippen molar-refractivity contribution in [3.63, 3.8) is 0 Å². The minimum Gasteiger partial charge on any atom is -0.317 e. The zero-order valence-electron chi connectivity index (χ0n) is 15.0. The van der Waals surface area contributed by atoms with Gasteiger partial charge in [-0.05, 0) is 45.2 Å². The minimum absolute atomic E-state index is 1.12. The summed E-state index contributed by atoms with van der Waals surface area (Å²) in [6, 6.07) is 0. The topological polar surface area (TPSA) is 12.0 Å². The number of rotatable bonds is 17. The molecule has 126 valence electrons. The van der Waals surface area contributed by atoms with Gasteiger partial charge in [0.25, 0.3) is 0 Å². The average molecular weight is 296 g/mol. The van der Waals surface area contributed by atoms with Crippen LogP contribution in [0.2, 0.25) is 0 Å². The van der Waals surface area contributed by atoms with Crippen LogP contribution in [0.25, 0.3) is 0 Å². The molecule has 0 spiro atoms. The van der Waals surface area contributed by atoms with Crippen LogP contribution in [0.15, 0.2) is 12.2 Å². The van der Waals surface area contributed by atoms with E-state index in [1.807, 2.05) is 0 Å². The monoisotopic (exact) mass is 295 g/mol. The molecule has 1 N–H and O–H groups in total. The normalized spacial score (nSPS) is 11.5. The van der Waals surface area contributed by atoms with E-state index in [0.717, 1.165) is 6.54 Å². The van der Waals surface area contributed by atoms with Crippen LogP contribution < -0.4 is 5.32 Å². The van der Waals surface area contributed by atoms with Crippen molar-refractivity contribution in [1.29, 1.82) is 0 Å². The fourth-order valence-electron chi connectivity index (χ4n) is 2.67. The predicted octanol–water partition coefficient (Wildman–Crippen LogP) is 6.63. The van der Waals surface area contributed by atoms with Gasteiger partial charge in [0.15, 0.2) is 0 Å². The molecule has 0 heterocycles. The highest BCUT2D eigenvalue weighted by Gasteiger charge is 1.91. The smallest absolute Gasteiger partial charge is 0.00490 e. The van der Waals surface area contributed by atoms with Crippen LogP contribution >= 0.6 is 0 Å². The molecule has 0 atom stereocenters. The summed E-state index contributed by atoms with van der Waals surface area (Å²) in [5.41, 5.74) is 0. The van der Waals surface area contributed by atoms with Crippen molar-refractivity contribution in [2.24, 2.45) is 0 Å². The molecular formula is C20H41N. The largest absolute Gasteiger partial charge is 0.317 e. The molecule has 0 amide bonds. The Morgan fingerprint density at radius 2 is 1.05 bits per heavy atom. The third-order valence-electron chi connectivity index (χ3n) is 4.12. The fraction of sp³-hybridized carbons (Fsp3) is 0.900. The van der Waals surface area contributed by atoms with E-state index in [1.54, 1.807) is 0 Å². The Morgan fingerprint density at radius 1 is 0.571 bits per heavy atom. The van der Waals surface area contributed by atoms with Gasteiger partial charge in [-0.2, -0.15) is 0 Å². The van der Waals surface area contributed by atoms with Gasteiger partial charge in [-0.25, -0.2) is 0 Å². The third kappa shape index (κ3) is 19.7. The van der Waals surface area contributed by atoms with Gasteiger partial charge >= 0.3 is 0 Å².